The summed E-state index contributed by atoms with van der Waals surface area (Å²) in [4.78, 5) is 14.1. The lowest BCUT2D eigenvalue weighted by Gasteiger charge is -2.22. The topological polar surface area (TPSA) is 20.3 Å². The molecule has 0 N–H and O–H groups in total. The molecular formula is C13H19NOS. The lowest BCUT2D eigenvalue weighted by atomic mass is 10.2. The Morgan fingerprint density at radius 1 is 1.56 bits per heavy atom. The fraction of sp³-hybridized carbons (Fsp3) is 0.615. The van der Waals surface area contributed by atoms with Gasteiger partial charge in [-0.15, -0.1) is 0 Å². The van der Waals surface area contributed by atoms with Gasteiger partial charge >= 0.3 is 0 Å². The monoisotopic (exact) mass is 237 g/mol. The van der Waals surface area contributed by atoms with Crippen LogP contribution in [-0.4, -0.2) is 16.8 Å². The number of carbonyl (C=O) groups is 1. The minimum Gasteiger partial charge on any atom is -0.335 e. The molecule has 0 atom stereocenters. The summed E-state index contributed by atoms with van der Waals surface area (Å²) in [6, 6.07) is 2.65. The summed E-state index contributed by atoms with van der Waals surface area (Å²) in [5.41, 5.74) is 1.28. The highest BCUT2D eigenvalue weighted by atomic mass is 32.1. The number of rotatable bonds is 6. The van der Waals surface area contributed by atoms with Gasteiger partial charge in [-0.2, -0.15) is 11.3 Å². The fourth-order valence-corrected chi connectivity index (χ4v) is 2.52. The van der Waals surface area contributed by atoms with Gasteiger partial charge in [-0.25, -0.2) is 0 Å². The molecule has 1 amide bonds. The lowest BCUT2D eigenvalue weighted by Crippen LogP contribution is -2.32. The molecule has 1 fully saturated rings. The minimum absolute atomic E-state index is 0.343. The number of hydrogen-bond acceptors (Lipinski definition) is 2. The maximum atomic E-state index is 12.0. The first-order chi connectivity index (χ1) is 7.81. The predicted molar refractivity (Wildman–Crippen MR) is 67.4 cm³/mol. The molecule has 2 nitrogen and oxygen atoms in total. The lowest BCUT2D eigenvalue weighted by molar-refractivity contribution is -0.132. The largest absolute Gasteiger partial charge is 0.335 e. The van der Waals surface area contributed by atoms with E-state index in [2.05, 4.69) is 28.7 Å². The van der Waals surface area contributed by atoms with E-state index in [4.69, 9.17) is 0 Å². The average Bonchev–Trinajstić information content (AvgIpc) is 3.00. The molecule has 1 heterocycles. The van der Waals surface area contributed by atoms with E-state index >= 15 is 0 Å². The van der Waals surface area contributed by atoms with Crippen LogP contribution < -0.4 is 0 Å². The Balaban J connectivity index is 1.92. The summed E-state index contributed by atoms with van der Waals surface area (Å²) in [5.74, 6) is 0.343. The molecule has 0 aromatic carbocycles. The van der Waals surface area contributed by atoms with E-state index in [9.17, 15) is 4.79 Å². The SMILES string of the molecule is CCCCC(=O)N(Cc1ccsc1)C1CC1. The molecule has 88 valence electrons. The quantitative estimate of drug-likeness (QED) is 0.742. The molecule has 0 aliphatic heterocycles. The van der Waals surface area contributed by atoms with Crippen molar-refractivity contribution in [1.29, 1.82) is 0 Å². The molecule has 3 heteroatoms. The van der Waals surface area contributed by atoms with Crippen molar-refractivity contribution >= 4 is 17.2 Å². The molecule has 1 aromatic heterocycles. The standard InChI is InChI=1S/C13H19NOS/c1-2-3-4-13(15)14(12-5-6-12)9-11-7-8-16-10-11/h7-8,10,12H,2-6,9H2,1H3. The summed E-state index contributed by atoms with van der Waals surface area (Å²) >= 11 is 1.71. The first kappa shape index (κ1) is 11.6. The third-order valence-electron chi connectivity index (χ3n) is 2.99. The molecule has 1 aromatic rings. The summed E-state index contributed by atoms with van der Waals surface area (Å²) in [5, 5.41) is 4.22. The van der Waals surface area contributed by atoms with E-state index in [1.54, 1.807) is 11.3 Å². The smallest absolute Gasteiger partial charge is 0.223 e. The van der Waals surface area contributed by atoms with E-state index in [1.165, 1.54) is 18.4 Å². The number of carbonyl (C=O) groups excluding carboxylic acids is 1. The third-order valence-corrected chi connectivity index (χ3v) is 3.72. The van der Waals surface area contributed by atoms with Crippen LogP contribution in [0.25, 0.3) is 0 Å². The minimum atomic E-state index is 0.343. The van der Waals surface area contributed by atoms with Crippen LogP contribution in [-0.2, 0) is 11.3 Å². The van der Waals surface area contributed by atoms with E-state index in [-0.39, 0.29) is 0 Å². The van der Waals surface area contributed by atoms with Gasteiger partial charge in [0.2, 0.25) is 5.91 Å². The van der Waals surface area contributed by atoms with Gasteiger partial charge in [0, 0.05) is 19.0 Å². The van der Waals surface area contributed by atoms with Crippen LogP contribution >= 0.6 is 11.3 Å². The van der Waals surface area contributed by atoms with Gasteiger partial charge < -0.3 is 4.90 Å². The van der Waals surface area contributed by atoms with Crippen LogP contribution in [0.3, 0.4) is 0 Å². The maximum absolute atomic E-state index is 12.0. The summed E-state index contributed by atoms with van der Waals surface area (Å²) in [6.07, 6.45) is 5.23. The molecule has 16 heavy (non-hydrogen) atoms. The van der Waals surface area contributed by atoms with Gasteiger partial charge in [-0.1, -0.05) is 13.3 Å². The van der Waals surface area contributed by atoms with Crippen molar-refractivity contribution in [3.63, 3.8) is 0 Å². The molecule has 2 rings (SSSR count). The first-order valence-electron chi connectivity index (χ1n) is 6.11. The van der Waals surface area contributed by atoms with Crippen molar-refractivity contribution in [3.8, 4) is 0 Å². The van der Waals surface area contributed by atoms with E-state index in [0.717, 1.165) is 25.8 Å². The van der Waals surface area contributed by atoms with E-state index in [0.29, 0.717) is 11.9 Å². The number of hydrogen-bond donors (Lipinski definition) is 0. The maximum Gasteiger partial charge on any atom is 0.223 e. The Labute approximate surface area is 101 Å². The summed E-state index contributed by atoms with van der Waals surface area (Å²) in [6.45, 7) is 2.95. The van der Waals surface area contributed by atoms with Crippen molar-refractivity contribution in [2.45, 2.75) is 51.6 Å². The predicted octanol–water partition coefficient (Wildman–Crippen LogP) is 3.43. The molecule has 1 aliphatic carbocycles. The van der Waals surface area contributed by atoms with Gasteiger partial charge in [0.25, 0.3) is 0 Å². The van der Waals surface area contributed by atoms with E-state index in [1.807, 2.05) is 0 Å². The second-order valence-corrected chi connectivity index (χ2v) is 5.27. The molecule has 0 unspecified atom stereocenters. The van der Waals surface area contributed by atoms with Gasteiger partial charge in [0.15, 0.2) is 0 Å². The summed E-state index contributed by atoms with van der Waals surface area (Å²) < 4.78 is 0. The average molecular weight is 237 g/mol. The van der Waals surface area contributed by atoms with E-state index < -0.39 is 0 Å². The van der Waals surface area contributed by atoms with Gasteiger partial charge in [-0.3, -0.25) is 4.79 Å². The second-order valence-electron chi connectivity index (χ2n) is 4.49. The molecule has 1 aliphatic rings. The van der Waals surface area contributed by atoms with Crippen LogP contribution in [0.1, 0.15) is 44.6 Å². The van der Waals surface area contributed by atoms with Crippen LogP contribution in [0.4, 0.5) is 0 Å². The molecule has 0 bridgehead atoms. The zero-order valence-electron chi connectivity index (χ0n) is 9.82. The highest BCUT2D eigenvalue weighted by molar-refractivity contribution is 7.07. The van der Waals surface area contributed by atoms with Crippen LogP contribution in [0.15, 0.2) is 16.8 Å². The highest BCUT2D eigenvalue weighted by Gasteiger charge is 2.31. The Kier molecular flexibility index (Phi) is 3.99. The van der Waals surface area contributed by atoms with Crippen LogP contribution in [0.2, 0.25) is 0 Å². The first-order valence-corrected chi connectivity index (χ1v) is 7.06. The normalized spacial score (nSPS) is 15.1. The van der Waals surface area contributed by atoms with Crippen LogP contribution in [0, 0.1) is 0 Å². The third kappa shape index (κ3) is 3.08. The van der Waals surface area contributed by atoms with Crippen molar-refractivity contribution < 1.29 is 4.79 Å². The number of amides is 1. The number of thiophene rings is 1. The molecule has 0 radical (unpaired) electrons. The number of nitrogens with zero attached hydrogens (tertiary/aromatic N) is 1. The zero-order valence-corrected chi connectivity index (χ0v) is 10.6. The van der Waals surface area contributed by atoms with Gasteiger partial charge in [0.05, 0.1) is 0 Å². The van der Waals surface area contributed by atoms with Crippen molar-refractivity contribution in [3.05, 3.63) is 22.4 Å². The zero-order chi connectivity index (χ0) is 11.4. The summed E-state index contributed by atoms with van der Waals surface area (Å²) in [7, 11) is 0. The number of unbranched alkanes of at least 4 members (excludes halogenated alkanes) is 1. The Morgan fingerprint density at radius 2 is 2.38 bits per heavy atom. The van der Waals surface area contributed by atoms with Gasteiger partial charge in [-0.05, 0) is 41.7 Å². The fourth-order valence-electron chi connectivity index (χ4n) is 1.86. The molecule has 0 saturated heterocycles. The van der Waals surface area contributed by atoms with Gasteiger partial charge in [0.1, 0.15) is 0 Å². The van der Waals surface area contributed by atoms with Crippen LogP contribution in [0.5, 0.6) is 0 Å². The second kappa shape index (κ2) is 5.48. The Morgan fingerprint density at radius 3 is 2.94 bits per heavy atom. The molecule has 1 saturated carbocycles. The Hall–Kier alpha value is -0.830. The Bertz CT molecular complexity index is 330. The molecule has 0 spiro atoms. The molecular weight excluding hydrogens is 218 g/mol. The van der Waals surface area contributed by atoms with Crippen molar-refractivity contribution in [1.82, 2.24) is 4.90 Å². The van der Waals surface area contributed by atoms with Crippen molar-refractivity contribution in [2.24, 2.45) is 0 Å². The van der Waals surface area contributed by atoms with Crippen molar-refractivity contribution in [2.75, 3.05) is 0 Å². The highest BCUT2D eigenvalue weighted by Crippen LogP contribution is 2.29.